The van der Waals surface area contributed by atoms with Crippen molar-refractivity contribution in [1.29, 1.82) is 0 Å². The molecule has 1 N–H and O–H groups in total. The molecule has 160 valence electrons. The number of amides is 1. The van der Waals surface area contributed by atoms with Crippen molar-refractivity contribution in [3.63, 3.8) is 0 Å². The van der Waals surface area contributed by atoms with Gasteiger partial charge in [-0.15, -0.1) is 0 Å². The highest BCUT2D eigenvalue weighted by Crippen LogP contribution is 2.19. The minimum atomic E-state index is -1.10. The average Bonchev–Trinajstić information content (AvgIpc) is 2.73. The second-order valence-corrected chi connectivity index (χ2v) is 8.16. The summed E-state index contributed by atoms with van der Waals surface area (Å²) >= 11 is 0. The second-order valence-electron chi connectivity index (χ2n) is 8.16. The third kappa shape index (κ3) is 5.06. The van der Waals surface area contributed by atoms with Crippen LogP contribution < -0.4 is 10.7 Å². The highest BCUT2D eigenvalue weighted by Gasteiger charge is 2.24. The lowest BCUT2D eigenvalue weighted by atomic mass is 9.95. The van der Waals surface area contributed by atoms with Crippen molar-refractivity contribution in [1.82, 2.24) is 0 Å². The normalized spacial score (nSPS) is 12.3. The van der Waals surface area contributed by atoms with Gasteiger partial charge in [0.05, 0.1) is 5.39 Å². The first kappa shape index (κ1) is 22.0. The van der Waals surface area contributed by atoms with Crippen LogP contribution in [0.2, 0.25) is 0 Å². The van der Waals surface area contributed by atoms with Gasteiger partial charge in [0, 0.05) is 22.7 Å². The first-order chi connectivity index (χ1) is 14.6. The molecule has 31 heavy (non-hydrogen) atoms. The van der Waals surface area contributed by atoms with Gasteiger partial charge in [-0.1, -0.05) is 32.9 Å². The summed E-state index contributed by atoms with van der Waals surface area (Å²) in [4.78, 5) is 49.2. The number of esters is 1. The van der Waals surface area contributed by atoms with E-state index in [-0.39, 0.29) is 22.7 Å². The van der Waals surface area contributed by atoms with E-state index in [1.807, 2.05) is 0 Å². The van der Waals surface area contributed by atoms with Crippen molar-refractivity contribution in [3.8, 4) is 0 Å². The number of carbonyl (C=O) groups is 3. The molecule has 0 spiro atoms. The van der Waals surface area contributed by atoms with Crippen molar-refractivity contribution >= 4 is 34.3 Å². The van der Waals surface area contributed by atoms with Gasteiger partial charge < -0.3 is 14.5 Å². The Kier molecular flexibility index (Phi) is 6.06. The lowest BCUT2D eigenvalue weighted by Gasteiger charge is -2.18. The number of anilines is 1. The smallest absolute Gasteiger partial charge is 0.375 e. The SMILES string of the molecule is C[C@H](OC(=O)c1cc(=O)c2ccccc2o1)C(=O)c1ccc(NC(=O)C(C)(C)C)cc1. The largest absolute Gasteiger partial charge is 0.449 e. The van der Waals surface area contributed by atoms with Crippen LogP contribution in [-0.2, 0) is 9.53 Å². The summed E-state index contributed by atoms with van der Waals surface area (Å²) in [5.74, 6) is -1.75. The Hall–Kier alpha value is -3.74. The molecule has 0 unspecified atom stereocenters. The molecule has 0 aliphatic heterocycles. The molecule has 0 aliphatic carbocycles. The number of hydrogen-bond acceptors (Lipinski definition) is 6. The first-order valence-electron chi connectivity index (χ1n) is 9.76. The zero-order chi connectivity index (χ0) is 22.8. The lowest BCUT2D eigenvalue weighted by Crippen LogP contribution is -2.27. The maximum absolute atomic E-state index is 12.6. The van der Waals surface area contributed by atoms with Crippen LogP contribution >= 0.6 is 0 Å². The molecule has 2 aromatic carbocycles. The number of ketones is 1. The molecule has 0 fully saturated rings. The van der Waals surface area contributed by atoms with Crippen LogP contribution in [0.25, 0.3) is 11.0 Å². The summed E-state index contributed by atoms with van der Waals surface area (Å²) in [6.07, 6.45) is -1.10. The topological polar surface area (TPSA) is 103 Å². The number of fused-ring (bicyclic) bond motifs is 1. The van der Waals surface area contributed by atoms with Gasteiger partial charge in [-0.25, -0.2) is 4.79 Å². The Bertz CT molecular complexity index is 1200. The molecule has 1 aromatic heterocycles. The number of carbonyl (C=O) groups excluding carboxylic acids is 3. The standard InChI is InChI=1S/C24H23NO6/c1-14(21(27)15-9-11-16(12-10-15)25-23(29)24(2,3)4)30-22(28)20-13-18(26)17-7-5-6-8-19(17)31-20/h5-14H,1-4H3,(H,25,29)/t14-/m0/s1. The van der Waals surface area contributed by atoms with E-state index in [2.05, 4.69) is 5.32 Å². The molecule has 0 bridgehead atoms. The number of ether oxygens (including phenoxy) is 1. The highest BCUT2D eigenvalue weighted by molar-refractivity contribution is 6.02. The fraction of sp³-hybridized carbons (Fsp3) is 0.250. The van der Waals surface area contributed by atoms with Gasteiger partial charge in [0.1, 0.15) is 5.58 Å². The van der Waals surface area contributed by atoms with Crippen LogP contribution in [-0.4, -0.2) is 23.8 Å². The van der Waals surface area contributed by atoms with Crippen molar-refractivity contribution in [2.75, 3.05) is 5.32 Å². The van der Waals surface area contributed by atoms with E-state index < -0.39 is 23.3 Å². The van der Waals surface area contributed by atoms with Crippen LogP contribution in [0.15, 0.2) is 63.8 Å². The molecule has 3 aromatic rings. The number of para-hydroxylation sites is 1. The van der Waals surface area contributed by atoms with Crippen molar-refractivity contribution in [2.24, 2.45) is 5.41 Å². The van der Waals surface area contributed by atoms with Crippen LogP contribution in [0.1, 0.15) is 48.6 Å². The monoisotopic (exact) mass is 421 g/mol. The quantitative estimate of drug-likeness (QED) is 0.489. The summed E-state index contributed by atoms with van der Waals surface area (Å²) in [6, 6.07) is 13.9. The molecule has 0 saturated heterocycles. The zero-order valence-electron chi connectivity index (χ0n) is 17.7. The lowest BCUT2D eigenvalue weighted by molar-refractivity contribution is -0.123. The zero-order valence-corrected chi connectivity index (χ0v) is 17.7. The van der Waals surface area contributed by atoms with Crippen LogP contribution in [0, 0.1) is 5.41 Å². The molecular weight excluding hydrogens is 398 g/mol. The third-order valence-corrected chi connectivity index (χ3v) is 4.60. The molecule has 0 radical (unpaired) electrons. The van der Waals surface area contributed by atoms with Gasteiger partial charge in [-0.2, -0.15) is 0 Å². The van der Waals surface area contributed by atoms with E-state index in [0.717, 1.165) is 6.07 Å². The molecule has 0 aliphatic rings. The van der Waals surface area contributed by atoms with Gasteiger partial charge in [0.2, 0.25) is 17.5 Å². The van der Waals surface area contributed by atoms with Crippen LogP contribution in [0.3, 0.4) is 0 Å². The third-order valence-electron chi connectivity index (χ3n) is 4.60. The molecule has 3 rings (SSSR count). The van der Waals surface area contributed by atoms with Crippen molar-refractivity contribution < 1.29 is 23.5 Å². The maximum atomic E-state index is 12.6. The molecule has 1 atom stereocenters. The van der Waals surface area contributed by atoms with Crippen molar-refractivity contribution in [2.45, 2.75) is 33.8 Å². The van der Waals surface area contributed by atoms with Gasteiger partial charge >= 0.3 is 5.97 Å². The van der Waals surface area contributed by atoms with E-state index in [1.165, 1.54) is 6.92 Å². The summed E-state index contributed by atoms with van der Waals surface area (Å²) < 4.78 is 10.6. The van der Waals surface area contributed by atoms with Crippen molar-refractivity contribution in [3.05, 3.63) is 76.1 Å². The molecular formula is C24H23NO6. The minimum Gasteiger partial charge on any atom is -0.449 e. The minimum absolute atomic E-state index is 0.147. The Labute approximate surface area is 179 Å². The summed E-state index contributed by atoms with van der Waals surface area (Å²) in [7, 11) is 0. The summed E-state index contributed by atoms with van der Waals surface area (Å²) in [5, 5.41) is 3.12. The van der Waals surface area contributed by atoms with Gasteiger partial charge in [0.15, 0.2) is 11.5 Å². The fourth-order valence-electron chi connectivity index (χ4n) is 2.75. The number of nitrogens with one attached hydrogen (secondary N) is 1. The molecule has 1 heterocycles. The summed E-state index contributed by atoms with van der Waals surface area (Å²) in [6.45, 7) is 6.84. The van der Waals surface area contributed by atoms with E-state index in [9.17, 15) is 19.2 Å². The predicted molar refractivity (Wildman–Crippen MR) is 116 cm³/mol. The Morgan fingerprint density at radius 3 is 2.29 bits per heavy atom. The van der Waals surface area contributed by atoms with Gasteiger partial charge in [-0.3, -0.25) is 14.4 Å². The van der Waals surface area contributed by atoms with E-state index in [1.54, 1.807) is 69.3 Å². The number of hydrogen-bond donors (Lipinski definition) is 1. The summed E-state index contributed by atoms with van der Waals surface area (Å²) in [5.41, 5.74) is 0.206. The number of rotatable bonds is 5. The molecule has 7 nitrogen and oxygen atoms in total. The van der Waals surface area contributed by atoms with Gasteiger partial charge in [0.25, 0.3) is 0 Å². The van der Waals surface area contributed by atoms with Gasteiger partial charge in [-0.05, 0) is 43.3 Å². The molecule has 1 amide bonds. The molecule has 7 heteroatoms. The van der Waals surface area contributed by atoms with Crippen LogP contribution in [0.5, 0.6) is 0 Å². The first-order valence-corrected chi connectivity index (χ1v) is 9.76. The Morgan fingerprint density at radius 1 is 1.00 bits per heavy atom. The molecule has 0 saturated carbocycles. The second kappa shape index (κ2) is 8.55. The Morgan fingerprint density at radius 2 is 1.65 bits per heavy atom. The highest BCUT2D eigenvalue weighted by atomic mass is 16.6. The maximum Gasteiger partial charge on any atom is 0.375 e. The Balaban J connectivity index is 1.70. The predicted octanol–water partition coefficient (Wildman–Crippen LogP) is 4.21. The van der Waals surface area contributed by atoms with E-state index in [4.69, 9.17) is 9.15 Å². The number of Topliss-reactive ketones (excluding diaryl/α,β-unsaturated/α-hetero) is 1. The number of benzene rings is 2. The van der Waals surface area contributed by atoms with E-state index >= 15 is 0 Å². The van der Waals surface area contributed by atoms with Crippen LogP contribution in [0.4, 0.5) is 5.69 Å². The fourth-order valence-corrected chi connectivity index (χ4v) is 2.75. The van der Waals surface area contributed by atoms with E-state index in [0.29, 0.717) is 16.6 Å². The average molecular weight is 421 g/mol.